The molecular weight excluding hydrogens is 266 g/mol. The minimum atomic E-state index is -0.0942. The molecule has 1 aliphatic heterocycles. The van der Waals surface area contributed by atoms with Crippen LogP contribution in [0.15, 0.2) is 18.3 Å². The van der Waals surface area contributed by atoms with E-state index in [1.54, 1.807) is 12.3 Å². The van der Waals surface area contributed by atoms with Gasteiger partial charge in [0, 0.05) is 48.0 Å². The van der Waals surface area contributed by atoms with E-state index in [2.05, 4.69) is 15.6 Å². The molecule has 98 valence electrons. The van der Waals surface area contributed by atoms with Crippen molar-refractivity contribution in [3.63, 3.8) is 0 Å². The highest BCUT2D eigenvalue weighted by Crippen LogP contribution is 2.23. The van der Waals surface area contributed by atoms with Gasteiger partial charge in [-0.3, -0.25) is 9.78 Å². The Morgan fingerprint density at radius 2 is 2.44 bits per heavy atom. The Morgan fingerprint density at radius 3 is 3.17 bits per heavy atom. The van der Waals surface area contributed by atoms with Gasteiger partial charge < -0.3 is 10.6 Å². The molecule has 1 unspecified atom stereocenters. The van der Waals surface area contributed by atoms with Gasteiger partial charge in [-0.05, 0) is 12.1 Å². The summed E-state index contributed by atoms with van der Waals surface area (Å²) in [5, 5.41) is 6.48. The average Bonchev–Trinajstić information content (AvgIpc) is 2.46. The van der Waals surface area contributed by atoms with Crippen molar-refractivity contribution in [3.05, 3.63) is 24.0 Å². The number of anilines is 1. The smallest absolute Gasteiger partial charge is 0.269 e. The van der Waals surface area contributed by atoms with Gasteiger partial charge in [0.15, 0.2) is 0 Å². The lowest BCUT2D eigenvalue weighted by Crippen LogP contribution is -2.33. The molecule has 0 aliphatic carbocycles. The Bertz CT molecular complexity index is 408. The van der Waals surface area contributed by atoms with Gasteiger partial charge in [0.1, 0.15) is 5.69 Å². The zero-order chi connectivity index (χ0) is 12.8. The van der Waals surface area contributed by atoms with Crippen molar-refractivity contribution in [1.82, 2.24) is 10.3 Å². The van der Waals surface area contributed by atoms with Gasteiger partial charge in [-0.25, -0.2) is 0 Å². The number of aromatic nitrogens is 1. The van der Waals surface area contributed by atoms with Crippen LogP contribution in [0.4, 0.5) is 5.69 Å². The number of hydrogen-bond acceptors (Lipinski definition) is 5. The molecule has 0 bridgehead atoms. The van der Waals surface area contributed by atoms with Crippen LogP contribution >= 0.6 is 23.5 Å². The van der Waals surface area contributed by atoms with Crippen LogP contribution in [0, 0.1) is 0 Å². The lowest BCUT2D eigenvalue weighted by Gasteiger charge is -2.21. The third-order valence-electron chi connectivity index (χ3n) is 2.66. The summed E-state index contributed by atoms with van der Waals surface area (Å²) < 4.78 is 0. The van der Waals surface area contributed by atoms with E-state index in [0.717, 1.165) is 18.0 Å². The fourth-order valence-electron chi connectivity index (χ4n) is 1.66. The number of amides is 1. The van der Waals surface area contributed by atoms with Gasteiger partial charge in [0.05, 0.1) is 0 Å². The van der Waals surface area contributed by atoms with E-state index in [4.69, 9.17) is 0 Å². The Morgan fingerprint density at radius 1 is 1.56 bits per heavy atom. The number of pyridine rings is 1. The molecule has 1 amide bonds. The molecule has 18 heavy (non-hydrogen) atoms. The number of carbonyl (C=O) groups is 1. The Hall–Kier alpha value is -0.880. The topological polar surface area (TPSA) is 54.0 Å². The van der Waals surface area contributed by atoms with Crippen molar-refractivity contribution in [2.75, 3.05) is 36.2 Å². The maximum absolute atomic E-state index is 11.9. The zero-order valence-corrected chi connectivity index (χ0v) is 11.9. The molecule has 1 saturated heterocycles. The summed E-state index contributed by atoms with van der Waals surface area (Å²) in [7, 11) is 1.83. The van der Waals surface area contributed by atoms with Crippen molar-refractivity contribution in [2.24, 2.45) is 0 Å². The maximum Gasteiger partial charge on any atom is 0.269 e. The molecule has 1 fully saturated rings. The van der Waals surface area contributed by atoms with Crippen molar-refractivity contribution < 1.29 is 4.79 Å². The molecule has 1 atom stereocenters. The minimum absolute atomic E-state index is 0.0942. The zero-order valence-electron chi connectivity index (χ0n) is 10.3. The van der Waals surface area contributed by atoms with E-state index in [1.165, 1.54) is 11.5 Å². The van der Waals surface area contributed by atoms with Crippen LogP contribution in [0.25, 0.3) is 0 Å². The molecule has 1 aromatic heterocycles. The summed E-state index contributed by atoms with van der Waals surface area (Å²) in [4.78, 5) is 16.0. The van der Waals surface area contributed by atoms with Gasteiger partial charge >= 0.3 is 0 Å². The van der Waals surface area contributed by atoms with Crippen molar-refractivity contribution >= 4 is 35.1 Å². The first-order valence-corrected chi connectivity index (χ1v) is 8.11. The first kappa shape index (κ1) is 13.5. The number of hydrogen-bond donors (Lipinski definition) is 2. The number of rotatable bonds is 4. The van der Waals surface area contributed by atoms with Crippen LogP contribution in [0.1, 0.15) is 10.5 Å². The largest absolute Gasteiger partial charge is 0.388 e. The lowest BCUT2D eigenvalue weighted by molar-refractivity contribution is 0.0949. The fourth-order valence-corrected chi connectivity index (χ4v) is 4.27. The Balaban J connectivity index is 1.86. The van der Waals surface area contributed by atoms with Crippen LogP contribution in [0.3, 0.4) is 0 Å². The molecular formula is C12H17N3OS2. The SMILES string of the molecule is CNc1ccnc(C(=O)NCC2CSCCS2)c1. The van der Waals surface area contributed by atoms with E-state index in [1.807, 2.05) is 36.6 Å². The van der Waals surface area contributed by atoms with Gasteiger partial charge in [0.25, 0.3) is 5.91 Å². The molecule has 1 aromatic rings. The molecule has 2 rings (SSSR count). The van der Waals surface area contributed by atoms with Crippen molar-refractivity contribution in [2.45, 2.75) is 5.25 Å². The summed E-state index contributed by atoms with van der Waals surface area (Å²) in [6.07, 6.45) is 1.64. The minimum Gasteiger partial charge on any atom is -0.388 e. The number of nitrogens with zero attached hydrogens (tertiary/aromatic N) is 1. The van der Waals surface area contributed by atoms with Gasteiger partial charge in [-0.1, -0.05) is 0 Å². The second kappa shape index (κ2) is 6.89. The lowest BCUT2D eigenvalue weighted by atomic mass is 10.3. The number of carbonyl (C=O) groups excluding carboxylic acids is 1. The third kappa shape index (κ3) is 3.81. The fraction of sp³-hybridized carbons (Fsp3) is 0.500. The van der Waals surface area contributed by atoms with Crippen LogP contribution in [-0.4, -0.2) is 47.0 Å². The molecule has 4 nitrogen and oxygen atoms in total. The summed E-state index contributed by atoms with van der Waals surface area (Å²) in [6.45, 7) is 0.724. The van der Waals surface area contributed by atoms with Crippen LogP contribution in [0.2, 0.25) is 0 Å². The van der Waals surface area contributed by atoms with Gasteiger partial charge in [-0.2, -0.15) is 23.5 Å². The summed E-state index contributed by atoms with van der Waals surface area (Å²) in [5.74, 6) is 3.43. The molecule has 0 aromatic carbocycles. The Labute approximate surface area is 116 Å². The van der Waals surface area contributed by atoms with Gasteiger partial charge in [0.2, 0.25) is 0 Å². The highest BCUT2D eigenvalue weighted by Gasteiger charge is 2.16. The summed E-state index contributed by atoms with van der Waals surface area (Å²) in [5.41, 5.74) is 1.37. The molecule has 2 heterocycles. The van der Waals surface area contributed by atoms with Gasteiger partial charge in [-0.15, -0.1) is 0 Å². The molecule has 2 N–H and O–H groups in total. The standard InChI is InChI=1S/C12H17N3OS2/c1-13-9-2-3-14-11(6-9)12(16)15-7-10-8-17-4-5-18-10/h2-3,6,10H,4-5,7-8H2,1H3,(H,13,14)(H,15,16). The number of nitrogens with one attached hydrogen (secondary N) is 2. The molecule has 6 heteroatoms. The van der Waals surface area contributed by atoms with Crippen LogP contribution < -0.4 is 10.6 Å². The normalized spacial score (nSPS) is 19.3. The third-order valence-corrected chi connectivity index (χ3v) is 5.50. The van der Waals surface area contributed by atoms with E-state index < -0.39 is 0 Å². The highest BCUT2D eigenvalue weighted by atomic mass is 32.2. The number of thioether (sulfide) groups is 2. The first-order chi connectivity index (χ1) is 8.79. The van der Waals surface area contributed by atoms with E-state index >= 15 is 0 Å². The maximum atomic E-state index is 11.9. The van der Waals surface area contributed by atoms with Crippen molar-refractivity contribution in [3.8, 4) is 0 Å². The predicted molar refractivity (Wildman–Crippen MR) is 79.7 cm³/mol. The highest BCUT2D eigenvalue weighted by molar-refractivity contribution is 8.06. The quantitative estimate of drug-likeness (QED) is 0.881. The molecule has 0 saturated carbocycles. The summed E-state index contributed by atoms with van der Waals surface area (Å²) >= 11 is 3.90. The summed E-state index contributed by atoms with van der Waals surface area (Å²) in [6, 6.07) is 3.60. The van der Waals surface area contributed by atoms with E-state index in [9.17, 15) is 4.79 Å². The second-order valence-electron chi connectivity index (χ2n) is 3.96. The van der Waals surface area contributed by atoms with E-state index in [0.29, 0.717) is 10.9 Å². The second-order valence-corrected chi connectivity index (χ2v) is 6.52. The Kier molecular flexibility index (Phi) is 5.19. The molecule has 0 radical (unpaired) electrons. The monoisotopic (exact) mass is 283 g/mol. The van der Waals surface area contributed by atoms with Crippen LogP contribution in [0.5, 0.6) is 0 Å². The first-order valence-electron chi connectivity index (χ1n) is 5.91. The van der Waals surface area contributed by atoms with E-state index in [-0.39, 0.29) is 5.91 Å². The average molecular weight is 283 g/mol. The van der Waals surface area contributed by atoms with Crippen LogP contribution in [-0.2, 0) is 0 Å². The predicted octanol–water partition coefficient (Wildman–Crippen LogP) is 1.70. The van der Waals surface area contributed by atoms with Crippen molar-refractivity contribution in [1.29, 1.82) is 0 Å². The molecule has 0 spiro atoms. The molecule has 1 aliphatic rings.